The Balaban J connectivity index is 2.25. The third kappa shape index (κ3) is 3.19. The second-order valence-corrected chi connectivity index (χ2v) is 5.63. The van der Waals surface area contributed by atoms with Crippen molar-refractivity contribution >= 4 is 40.2 Å². The first-order chi connectivity index (χ1) is 9.56. The Bertz CT molecular complexity index is 594. The highest BCUT2D eigenvalue weighted by Gasteiger charge is 2.12. The lowest BCUT2D eigenvalue weighted by molar-refractivity contribution is 0.278. The Kier molecular flexibility index (Phi) is 5.13. The summed E-state index contributed by atoms with van der Waals surface area (Å²) in [5, 5.41) is 1.03. The van der Waals surface area contributed by atoms with Crippen LogP contribution in [0.1, 0.15) is 20.3 Å². The zero-order chi connectivity index (χ0) is 14.7. The maximum Gasteiger partial charge on any atom is 0.201 e. The van der Waals surface area contributed by atoms with Crippen LogP contribution in [-0.2, 0) is 6.54 Å². The van der Waals surface area contributed by atoms with E-state index in [4.69, 9.17) is 28.9 Å². The third-order valence-corrected chi connectivity index (χ3v) is 4.17. The largest absolute Gasteiger partial charge is 0.369 e. The number of rotatable bonds is 6. The van der Waals surface area contributed by atoms with Gasteiger partial charge in [0.2, 0.25) is 5.95 Å². The van der Waals surface area contributed by atoms with E-state index in [-0.39, 0.29) is 0 Å². The monoisotopic (exact) mass is 314 g/mol. The van der Waals surface area contributed by atoms with Gasteiger partial charge < -0.3 is 15.2 Å². The standard InChI is InChI=1S/C14H20Cl2N4/c1-3-5-19(4-2)6-7-20-13-9-11(16)10(15)8-12(13)18-14(20)17/h8-9H,3-7H2,1-2H3,(H2,17,18). The van der Waals surface area contributed by atoms with E-state index in [2.05, 4.69) is 23.7 Å². The average molecular weight is 315 g/mol. The van der Waals surface area contributed by atoms with Crippen molar-refractivity contribution in [2.75, 3.05) is 25.4 Å². The first-order valence-corrected chi connectivity index (χ1v) is 7.65. The predicted octanol–water partition coefficient (Wildman–Crippen LogP) is 3.66. The fourth-order valence-electron chi connectivity index (χ4n) is 2.36. The predicted molar refractivity (Wildman–Crippen MR) is 86.6 cm³/mol. The maximum absolute atomic E-state index is 6.08. The van der Waals surface area contributed by atoms with Crippen LogP contribution in [0.15, 0.2) is 12.1 Å². The summed E-state index contributed by atoms with van der Waals surface area (Å²) in [5.41, 5.74) is 7.72. The van der Waals surface area contributed by atoms with Gasteiger partial charge in [-0.2, -0.15) is 0 Å². The van der Waals surface area contributed by atoms with Crippen LogP contribution in [-0.4, -0.2) is 34.1 Å². The van der Waals surface area contributed by atoms with Gasteiger partial charge >= 0.3 is 0 Å². The summed E-state index contributed by atoms with van der Waals surface area (Å²) in [5.74, 6) is 0.505. The van der Waals surface area contributed by atoms with Crippen LogP contribution in [0, 0.1) is 0 Å². The summed E-state index contributed by atoms with van der Waals surface area (Å²) >= 11 is 12.1. The van der Waals surface area contributed by atoms with Crippen molar-refractivity contribution in [3.63, 3.8) is 0 Å². The zero-order valence-corrected chi connectivity index (χ0v) is 13.4. The number of fused-ring (bicyclic) bond motifs is 1. The van der Waals surface area contributed by atoms with Crippen molar-refractivity contribution in [2.24, 2.45) is 0 Å². The zero-order valence-electron chi connectivity index (χ0n) is 11.9. The molecule has 2 rings (SSSR count). The van der Waals surface area contributed by atoms with Gasteiger partial charge in [0.05, 0.1) is 21.1 Å². The van der Waals surface area contributed by atoms with Crippen molar-refractivity contribution < 1.29 is 0 Å². The minimum atomic E-state index is 0.505. The van der Waals surface area contributed by atoms with Crippen molar-refractivity contribution in [2.45, 2.75) is 26.8 Å². The van der Waals surface area contributed by atoms with E-state index >= 15 is 0 Å². The Hall–Kier alpha value is -0.970. The van der Waals surface area contributed by atoms with Crippen LogP contribution in [0.4, 0.5) is 5.95 Å². The number of aromatic nitrogens is 2. The van der Waals surface area contributed by atoms with Crippen LogP contribution < -0.4 is 5.73 Å². The lowest BCUT2D eigenvalue weighted by Gasteiger charge is -2.20. The number of imidazole rings is 1. The Morgan fingerprint density at radius 3 is 2.55 bits per heavy atom. The van der Waals surface area contributed by atoms with E-state index in [0.717, 1.165) is 43.6 Å². The smallest absolute Gasteiger partial charge is 0.201 e. The number of halogens is 2. The number of benzene rings is 1. The van der Waals surface area contributed by atoms with E-state index in [1.54, 1.807) is 6.07 Å². The number of nitrogens with zero attached hydrogens (tertiary/aromatic N) is 3. The van der Waals surface area contributed by atoms with Gasteiger partial charge in [0.25, 0.3) is 0 Å². The molecule has 0 bridgehead atoms. The molecule has 0 spiro atoms. The topological polar surface area (TPSA) is 47.1 Å². The quantitative estimate of drug-likeness (QED) is 0.885. The average Bonchev–Trinajstić information content (AvgIpc) is 2.70. The van der Waals surface area contributed by atoms with Crippen molar-refractivity contribution in [1.29, 1.82) is 0 Å². The van der Waals surface area contributed by atoms with Gasteiger partial charge in [0, 0.05) is 13.1 Å². The Morgan fingerprint density at radius 2 is 1.90 bits per heavy atom. The molecule has 1 aromatic carbocycles. The summed E-state index contributed by atoms with van der Waals surface area (Å²) < 4.78 is 2.00. The highest BCUT2D eigenvalue weighted by Crippen LogP contribution is 2.28. The fraction of sp³-hybridized carbons (Fsp3) is 0.500. The molecule has 110 valence electrons. The SMILES string of the molecule is CCCN(CC)CCn1c(N)nc2cc(Cl)c(Cl)cc21. The molecule has 0 fully saturated rings. The summed E-state index contributed by atoms with van der Waals surface area (Å²) in [6.07, 6.45) is 1.15. The first-order valence-electron chi connectivity index (χ1n) is 6.89. The van der Waals surface area contributed by atoms with Gasteiger partial charge in [0.1, 0.15) is 0 Å². The fourth-order valence-corrected chi connectivity index (χ4v) is 2.68. The van der Waals surface area contributed by atoms with Gasteiger partial charge in [-0.3, -0.25) is 0 Å². The molecule has 1 aromatic heterocycles. The number of likely N-dealkylation sites (N-methyl/N-ethyl adjacent to an activating group) is 1. The summed E-state index contributed by atoms with van der Waals surface area (Å²) in [4.78, 5) is 6.74. The number of nitrogen functional groups attached to an aromatic ring is 1. The Labute approximate surface area is 129 Å². The summed E-state index contributed by atoms with van der Waals surface area (Å²) in [6.45, 7) is 8.23. The number of hydrogen-bond acceptors (Lipinski definition) is 3. The first kappa shape index (κ1) is 15.4. The molecule has 0 amide bonds. The van der Waals surface area contributed by atoms with E-state index in [1.807, 2.05) is 10.6 Å². The maximum atomic E-state index is 6.08. The van der Waals surface area contributed by atoms with Gasteiger partial charge in [-0.1, -0.05) is 37.0 Å². The van der Waals surface area contributed by atoms with Crippen molar-refractivity contribution in [3.05, 3.63) is 22.2 Å². The van der Waals surface area contributed by atoms with Crippen LogP contribution in [0.2, 0.25) is 10.0 Å². The molecule has 0 radical (unpaired) electrons. The molecule has 4 nitrogen and oxygen atoms in total. The van der Waals surface area contributed by atoms with Gasteiger partial charge in [-0.05, 0) is 31.6 Å². The lowest BCUT2D eigenvalue weighted by atomic mass is 10.3. The lowest BCUT2D eigenvalue weighted by Crippen LogP contribution is -2.28. The number of anilines is 1. The van der Waals surface area contributed by atoms with Crippen molar-refractivity contribution in [1.82, 2.24) is 14.5 Å². The second kappa shape index (κ2) is 6.66. The molecule has 20 heavy (non-hydrogen) atoms. The van der Waals surface area contributed by atoms with Gasteiger partial charge in [0.15, 0.2) is 0 Å². The van der Waals surface area contributed by atoms with E-state index < -0.39 is 0 Å². The van der Waals surface area contributed by atoms with Crippen LogP contribution >= 0.6 is 23.2 Å². The highest BCUT2D eigenvalue weighted by atomic mass is 35.5. The number of hydrogen-bond donors (Lipinski definition) is 1. The molecular formula is C14H20Cl2N4. The molecule has 2 N–H and O–H groups in total. The molecule has 0 unspecified atom stereocenters. The molecule has 0 atom stereocenters. The molecular weight excluding hydrogens is 295 g/mol. The van der Waals surface area contributed by atoms with E-state index in [1.165, 1.54) is 0 Å². The van der Waals surface area contributed by atoms with E-state index in [9.17, 15) is 0 Å². The molecule has 0 saturated carbocycles. The molecule has 1 heterocycles. The van der Waals surface area contributed by atoms with Gasteiger partial charge in [-0.15, -0.1) is 0 Å². The normalized spacial score (nSPS) is 11.7. The molecule has 6 heteroatoms. The Morgan fingerprint density at radius 1 is 1.20 bits per heavy atom. The minimum absolute atomic E-state index is 0.505. The minimum Gasteiger partial charge on any atom is -0.369 e. The third-order valence-electron chi connectivity index (χ3n) is 3.45. The van der Waals surface area contributed by atoms with Gasteiger partial charge in [-0.25, -0.2) is 4.98 Å². The molecule has 0 aliphatic rings. The molecule has 2 aromatic rings. The summed E-state index contributed by atoms with van der Waals surface area (Å²) in [6, 6.07) is 3.59. The molecule has 0 aliphatic carbocycles. The highest BCUT2D eigenvalue weighted by molar-refractivity contribution is 6.42. The van der Waals surface area contributed by atoms with Crippen molar-refractivity contribution in [3.8, 4) is 0 Å². The molecule has 0 saturated heterocycles. The van der Waals surface area contributed by atoms with Crippen LogP contribution in [0.3, 0.4) is 0 Å². The van der Waals surface area contributed by atoms with E-state index in [0.29, 0.717) is 16.0 Å². The number of nitrogens with two attached hydrogens (primary N) is 1. The second-order valence-electron chi connectivity index (χ2n) is 4.81. The molecule has 0 aliphatic heterocycles. The summed E-state index contributed by atoms with van der Waals surface area (Å²) in [7, 11) is 0. The van der Waals surface area contributed by atoms with Crippen LogP contribution in [0.25, 0.3) is 11.0 Å². The van der Waals surface area contributed by atoms with Crippen LogP contribution in [0.5, 0.6) is 0 Å².